The molecule has 0 unspecified atom stereocenters. The van der Waals surface area contributed by atoms with Crippen LogP contribution in [0.1, 0.15) is 0 Å². The van der Waals surface area contributed by atoms with Crippen LogP contribution in [0.5, 0.6) is 0 Å². The van der Waals surface area contributed by atoms with Crippen LogP contribution in [0.25, 0.3) is 0 Å². The molecule has 5 heteroatoms. The van der Waals surface area contributed by atoms with Crippen molar-refractivity contribution < 1.29 is 9.59 Å². The molecule has 2 nitrogen and oxygen atoms in total. The van der Waals surface area contributed by atoms with E-state index in [1.807, 2.05) is 182 Å². The predicted molar refractivity (Wildman–Crippen MR) is 174 cm³/mol. The van der Waals surface area contributed by atoms with Gasteiger partial charge >= 0.3 is 23.1 Å². The van der Waals surface area contributed by atoms with Gasteiger partial charge in [-0.1, -0.05) is 213 Å². The van der Waals surface area contributed by atoms with E-state index in [1.165, 1.54) is 0 Å². The fraction of sp³-hybridized carbons (Fsp3) is 0. The minimum absolute atomic E-state index is 0. The largest absolute Gasteiger partial charge is 2.00 e. The second-order valence-electron chi connectivity index (χ2n) is 9.56. The number of hydrogen-bond donors (Lipinski definition) is 0. The molecule has 0 heterocycles. The Morgan fingerprint density at radius 2 is 0.366 bits per heavy atom. The molecular weight excluding hydrogens is 545 g/mol. The molecule has 0 radical (unpaired) electrons. The third-order valence-corrected chi connectivity index (χ3v) is 14.0. The Kier molecular flexibility index (Phi) is 10.7. The van der Waals surface area contributed by atoms with Crippen molar-refractivity contribution in [1.82, 2.24) is 0 Å². The van der Waals surface area contributed by atoms with Crippen molar-refractivity contribution in [3.05, 3.63) is 182 Å². The van der Waals surface area contributed by atoms with E-state index in [1.54, 1.807) is 0 Å². The van der Waals surface area contributed by atoms with Crippen LogP contribution in [0.15, 0.2) is 182 Å². The zero-order valence-corrected chi connectivity index (χ0v) is 26.3. The maximum Gasteiger partial charge on any atom is 2.00 e. The Hall–Kier alpha value is -3.56. The first-order chi connectivity index (χ1) is 19.6. The van der Waals surface area contributed by atoms with Gasteiger partial charge in [-0.05, 0) is 0 Å². The van der Waals surface area contributed by atoms with Crippen molar-refractivity contribution >= 4 is 70.8 Å². The van der Waals surface area contributed by atoms with E-state index in [-0.39, 0.29) is 23.1 Å². The number of benzene rings is 6. The van der Waals surface area contributed by atoms with Crippen molar-refractivity contribution in [2.75, 3.05) is 0 Å². The Morgan fingerprint density at radius 3 is 0.488 bits per heavy atom. The van der Waals surface area contributed by atoms with Gasteiger partial charge in [0.1, 0.15) is 0 Å². The summed E-state index contributed by atoms with van der Waals surface area (Å²) in [5.74, 6) is 0. The molecule has 196 valence electrons. The van der Waals surface area contributed by atoms with Gasteiger partial charge in [0.15, 0.2) is 0 Å². The van der Waals surface area contributed by atoms with Gasteiger partial charge in [-0.3, -0.25) is 0 Å². The molecule has 0 aliphatic heterocycles. The van der Waals surface area contributed by atoms with Gasteiger partial charge in [-0.15, -0.1) is 0 Å². The van der Waals surface area contributed by atoms with E-state index < -0.39 is 16.6 Å². The van der Waals surface area contributed by atoms with E-state index in [9.17, 15) is 9.59 Å². The maximum absolute atomic E-state index is 13.8. The van der Waals surface area contributed by atoms with Crippen molar-refractivity contribution in [2.24, 2.45) is 0 Å². The monoisotopic (exact) mass is 574 g/mol. The standard InChI is InChI=1S/2C18H15OSi.Mg/c2*19-20(16-10-4-1-5-11-16,17-12-6-2-7-13-17)18-14-8-3-9-15-18;/h2*1-15H;/q2*-1;+2. The SMILES string of the molecule is [Mg+2].[O-][Si](c1ccccc1)(c1ccccc1)c1ccccc1.[O-][Si](c1ccccc1)(c1ccccc1)c1ccccc1. The van der Waals surface area contributed by atoms with E-state index in [0.29, 0.717) is 0 Å². The van der Waals surface area contributed by atoms with Crippen LogP contribution in [0.4, 0.5) is 0 Å². The first-order valence-electron chi connectivity index (χ1n) is 13.4. The third kappa shape index (κ3) is 6.68. The van der Waals surface area contributed by atoms with Gasteiger partial charge in [-0.25, -0.2) is 0 Å². The molecule has 0 fully saturated rings. The van der Waals surface area contributed by atoms with E-state index in [2.05, 4.69) is 0 Å². The third-order valence-electron chi connectivity index (χ3n) is 7.08. The topological polar surface area (TPSA) is 46.1 Å². The summed E-state index contributed by atoms with van der Waals surface area (Å²) in [6.45, 7) is 0. The van der Waals surface area contributed by atoms with E-state index >= 15 is 0 Å². The number of hydrogen-bond acceptors (Lipinski definition) is 2. The molecule has 6 rings (SSSR count). The van der Waals surface area contributed by atoms with Gasteiger partial charge in [-0.2, -0.15) is 0 Å². The molecule has 0 amide bonds. The Bertz CT molecular complexity index is 1270. The molecule has 6 aromatic rings. The van der Waals surface area contributed by atoms with Crippen LogP contribution in [0.2, 0.25) is 0 Å². The van der Waals surface area contributed by atoms with Crippen LogP contribution in [-0.2, 0) is 0 Å². The minimum atomic E-state index is -3.13. The summed E-state index contributed by atoms with van der Waals surface area (Å²) in [4.78, 5) is 27.7. The summed E-state index contributed by atoms with van der Waals surface area (Å²) in [7, 11) is -6.26. The normalized spacial score (nSPS) is 11.0. The van der Waals surface area contributed by atoms with Crippen LogP contribution < -0.4 is 40.7 Å². The summed E-state index contributed by atoms with van der Waals surface area (Å²) in [6.07, 6.45) is 0. The Balaban J connectivity index is 0.000000184. The molecule has 0 atom stereocenters. The van der Waals surface area contributed by atoms with Gasteiger partial charge in [0.2, 0.25) is 0 Å². The zero-order valence-electron chi connectivity index (χ0n) is 22.8. The molecule has 0 spiro atoms. The minimum Gasteiger partial charge on any atom is -0.848 e. The molecule has 0 saturated carbocycles. The van der Waals surface area contributed by atoms with Crippen LogP contribution in [-0.4, -0.2) is 39.7 Å². The average molecular weight is 575 g/mol. The summed E-state index contributed by atoms with van der Waals surface area (Å²) < 4.78 is 0. The van der Waals surface area contributed by atoms with Gasteiger partial charge in [0.05, 0.1) is 16.6 Å². The Morgan fingerprint density at radius 1 is 0.244 bits per heavy atom. The van der Waals surface area contributed by atoms with Gasteiger partial charge < -0.3 is 9.59 Å². The van der Waals surface area contributed by atoms with E-state index in [4.69, 9.17) is 0 Å². The van der Waals surface area contributed by atoms with Crippen molar-refractivity contribution in [2.45, 2.75) is 0 Å². The van der Waals surface area contributed by atoms with Crippen molar-refractivity contribution in [3.63, 3.8) is 0 Å². The second kappa shape index (κ2) is 14.4. The molecule has 0 saturated heterocycles. The summed E-state index contributed by atoms with van der Waals surface area (Å²) in [5.41, 5.74) is 0. The van der Waals surface area contributed by atoms with Crippen LogP contribution in [0, 0.1) is 0 Å². The van der Waals surface area contributed by atoms with Crippen LogP contribution in [0.3, 0.4) is 0 Å². The molecular formula is C36H30MgO2Si2. The van der Waals surface area contributed by atoms with Gasteiger partial charge in [0.25, 0.3) is 0 Å². The van der Waals surface area contributed by atoms with Crippen molar-refractivity contribution in [1.29, 1.82) is 0 Å². The predicted octanol–water partition coefficient (Wildman–Crippen LogP) is 1.65. The second-order valence-corrected chi connectivity index (χ2v) is 15.7. The first kappa shape index (κ1) is 30.4. The average Bonchev–Trinajstić information content (AvgIpc) is 3.07. The molecule has 41 heavy (non-hydrogen) atoms. The smallest absolute Gasteiger partial charge is 0.848 e. The van der Waals surface area contributed by atoms with E-state index in [0.717, 1.165) is 31.1 Å². The number of rotatable bonds is 6. The quantitative estimate of drug-likeness (QED) is 0.224. The fourth-order valence-electron chi connectivity index (χ4n) is 5.04. The molecule has 0 aromatic heterocycles. The van der Waals surface area contributed by atoms with Gasteiger partial charge in [0, 0.05) is 0 Å². The fourth-order valence-corrected chi connectivity index (χ4v) is 11.0. The molecule has 0 N–H and O–H groups in total. The maximum atomic E-state index is 13.8. The zero-order chi connectivity index (χ0) is 27.7. The Labute approximate surface area is 261 Å². The van der Waals surface area contributed by atoms with Crippen molar-refractivity contribution in [3.8, 4) is 0 Å². The molecule has 0 aliphatic carbocycles. The summed E-state index contributed by atoms with van der Waals surface area (Å²) >= 11 is 0. The molecule has 0 aliphatic rings. The summed E-state index contributed by atoms with van der Waals surface area (Å²) in [6, 6.07) is 58.6. The first-order valence-corrected chi connectivity index (χ1v) is 17.2. The molecule has 0 bridgehead atoms. The van der Waals surface area contributed by atoms with Crippen LogP contribution >= 0.6 is 0 Å². The summed E-state index contributed by atoms with van der Waals surface area (Å²) in [5, 5.41) is 5.40. The molecule has 6 aromatic carbocycles.